The lowest BCUT2D eigenvalue weighted by atomic mass is 9.76. The summed E-state index contributed by atoms with van der Waals surface area (Å²) in [6, 6.07) is 13.2. The Labute approximate surface area is 144 Å². The average Bonchev–Trinajstić information content (AvgIpc) is 2.76. The molecule has 2 aromatic rings. The van der Waals surface area contributed by atoms with Crippen LogP contribution in [0.3, 0.4) is 0 Å². The average molecular weight is 325 g/mol. The van der Waals surface area contributed by atoms with Gasteiger partial charge in [0, 0.05) is 6.20 Å². The highest BCUT2D eigenvalue weighted by Gasteiger charge is 2.51. The zero-order valence-electron chi connectivity index (χ0n) is 14.9. The summed E-state index contributed by atoms with van der Waals surface area (Å²) in [5.74, 6) is 0. The van der Waals surface area contributed by atoms with Crippen LogP contribution in [-0.4, -0.2) is 28.4 Å². The predicted molar refractivity (Wildman–Crippen MR) is 95.1 cm³/mol. The molecule has 5 heteroatoms. The molecule has 0 aliphatic carbocycles. The van der Waals surface area contributed by atoms with Crippen molar-refractivity contribution in [3.8, 4) is 0 Å². The van der Waals surface area contributed by atoms with Gasteiger partial charge in [-0.1, -0.05) is 30.3 Å². The van der Waals surface area contributed by atoms with Crippen LogP contribution in [0.15, 0.2) is 48.7 Å². The molecule has 1 aliphatic heterocycles. The molecule has 1 atom stereocenters. The van der Waals surface area contributed by atoms with Gasteiger partial charge in [0.25, 0.3) is 0 Å². The molecule has 3 rings (SSSR count). The Morgan fingerprint density at radius 1 is 1.00 bits per heavy atom. The second kappa shape index (κ2) is 5.69. The van der Waals surface area contributed by atoms with Crippen LogP contribution in [0.1, 0.15) is 45.9 Å². The fourth-order valence-electron chi connectivity index (χ4n) is 2.77. The number of nitrogens with zero attached hydrogens (tertiary/aromatic N) is 1. The van der Waals surface area contributed by atoms with Crippen molar-refractivity contribution in [2.45, 2.75) is 51.4 Å². The molecule has 0 spiro atoms. The number of rotatable bonds is 3. The Morgan fingerprint density at radius 3 is 2.25 bits per heavy atom. The minimum atomic E-state index is -1.18. The summed E-state index contributed by atoms with van der Waals surface area (Å²) in [6.07, 6.45) is 1.68. The van der Waals surface area contributed by atoms with E-state index in [2.05, 4.69) is 4.98 Å². The Morgan fingerprint density at radius 2 is 1.67 bits per heavy atom. The van der Waals surface area contributed by atoms with Gasteiger partial charge in [-0.05, 0) is 57.8 Å². The molecule has 0 saturated carbocycles. The number of benzene rings is 1. The summed E-state index contributed by atoms with van der Waals surface area (Å²) >= 11 is 0. The molecule has 1 N–H and O–H groups in total. The van der Waals surface area contributed by atoms with Gasteiger partial charge in [0.1, 0.15) is 5.60 Å². The standard InChI is InChI=1S/C19H24BNO3/c1-17(2)18(3,4)24-20(23-17)15-10-8-9-14(13-15)19(5,22)16-11-6-7-12-21-16/h6-13,22H,1-5H3/t19-/m1/s1. The molecule has 1 aromatic carbocycles. The SMILES string of the molecule is CC1(C)OB(c2cccc([C@@](C)(O)c3ccccn3)c2)OC1(C)C. The van der Waals surface area contributed by atoms with Crippen LogP contribution in [-0.2, 0) is 14.9 Å². The second-order valence-corrected chi connectivity index (χ2v) is 7.50. The van der Waals surface area contributed by atoms with E-state index in [1.54, 1.807) is 13.1 Å². The van der Waals surface area contributed by atoms with Gasteiger partial charge in [-0.25, -0.2) is 0 Å². The van der Waals surface area contributed by atoms with Crippen molar-refractivity contribution >= 4 is 12.6 Å². The Bertz CT molecular complexity index is 712. The molecular formula is C19H24BNO3. The number of aliphatic hydroxyl groups is 1. The molecule has 1 saturated heterocycles. The number of aromatic nitrogens is 1. The van der Waals surface area contributed by atoms with E-state index in [1.165, 1.54) is 0 Å². The molecule has 24 heavy (non-hydrogen) atoms. The lowest BCUT2D eigenvalue weighted by molar-refractivity contribution is 0.00578. The third-order valence-electron chi connectivity index (χ3n) is 5.14. The predicted octanol–water partition coefficient (Wildman–Crippen LogP) is 2.64. The number of hydrogen-bond donors (Lipinski definition) is 1. The van der Waals surface area contributed by atoms with Crippen molar-refractivity contribution in [2.24, 2.45) is 0 Å². The summed E-state index contributed by atoms with van der Waals surface area (Å²) in [5.41, 5.74) is 0.293. The van der Waals surface area contributed by atoms with Crippen molar-refractivity contribution in [3.05, 3.63) is 59.9 Å². The van der Waals surface area contributed by atoms with E-state index in [1.807, 2.05) is 70.2 Å². The Kier molecular flexibility index (Phi) is 4.07. The molecule has 0 unspecified atom stereocenters. The summed E-state index contributed by atoms with van der Waals surface area (Å²) in [4.78, 5) is 4.29. The summed E-state index contributed by atoms with van der Waals surface area (Å²) < 4.78 is 12.2. The minimum absolute atomic E-state index is 0.392. The summed E-state index contributed by atoms with van der Waals surface area (Å²) in [5, 5.41) is 11.0. The molecule has 1 aliphatic rings. The maximum atomic E-state index is 11.0. The molecule has 4 nitrogen and oxygen atoms in total. The fraction of sp³-hybridized carbons (Fsp3) is 0.421. The largest absolute Gasteiger partial charge is 0.494 e. The van der Waals surface area contributed by atoms with E-state index in [0.717, 1.165) is 11.0 Å². The normalized spacial score (nSPS) is 21.5. The van der Waals surface area contributed by atoms with Gasteiger partial charge in [-0.15, -0.1) is 0 Å². The van der Waals surface area contributed by atoms with E-state index in [9.17, 15) is 5.11 Å². The van der Waals surface area contributed by atoms with Crippen LogP contribution >= 0.6 is 0 Å². The quantitative estimate of drug-likeness (QED) is 0.882. The third-order valence-corrected chi connectivity index (χ3v) is 5.14. The Hall–Kier alpha value is -1.69. The first-order valence-electron chi connectivity index (χ1n) is 8.23. The molecule has 126 valence electrons. The maximum Gasteiger partial charge on any atom is 0.494 e. The van der Waals surface area contributed by atoms with Gasteiger partial charge in [0.15, 0.2) is 0 Å². The van der Waals surface area contributed by atoms with Gasteiger partial charge < -0.3 is 14.4 Å². The molecule has 1 aromatic heterocycles. The highest BCUT2D eigenvalue weighted by molar-refractivity contribution is 6.62. The smallest absolute Gasteiger partial charge is 0.399 e. The van der Waals surface area contributed by atoms with E-state index in [4.69, 9.17) is 9.31 Å². The highest BCUT2D eigenvalue weighted by Crippen LogP contribution is 2.36. The lowest BCUT2D eigenvalue weighted by Gasteiger charge is -2.32. The third kappa shape index (κ3) is 2.88. The summed E-state index contributed by atoms with van der Waals surface area (Å²) in [6.45, 7) is 9.86. The Balaban J connectivity index is 1.94. The number of hydrogen-bond acceptors (Lipinski definition) is 4. The van der Waals surface area contributed by atoms with Crippen molar-refractivity contribution in [1.29, 1.82) is 0 Å². The zero-order valence-corrected chi connectivity index (χ0v) is 14.9. The van der Waals surface area contributed by atoms with Gasteiger partial charge in [0.05, 0.1) is 16.9 Å². The fourth-order valence-corrected chi connectivity index (χ4v) is 2.77. The molecule has 0 bridgehead atoms. The first-order chi connectivity index (χ1) is 11.1. The second-order valence-electron chi connectivity index (χ2n) is 7.50. The van der Waals surface area contributed by atoms with Crippen LogP contribution in [0.5, 0.6) is 0 Å². The van der Waals surface area contributed by atoms with Crippen molar-refractivity contribution in [2.75, 3.05) is 0 Å². The van der Waals surface area contributed by atoms with Crippen LogP contribution in [0, 0.1) is 0 Å². The van der Waals surface area contributed by atoms with Crippen LogP contribution in [0.25, 0.3) is 0 Å². The first-order valence-corrected chi connectivity index (χ1v) is 8.23. The van der Waals surface area contributed by atoms with E-state index < -0.39 is 23.9 Å². The molecule has 2 heterocycles. The monoisotopic (exact) mass is 325 g/mol. The van der Waals surface area contributed by atoms with Gasteiger partial charge >= 0.3 is 7.12 Å². The molecule has 0 radical (unpaired) electrons. The van der Waals surface area contributed by atoms with Gasteiger partial charge in [-0.2, -0.15) is 0 Å². The van der Waals surface area contributed by atoms with Crippen LogP contribution in [0.2, 0.25) is 0 Å². The number of pyridine rings is 1. The molecular weight excluding hydrogens is 301 g/mol. The first kappa shape index (κ1) is 17.1. The van der Waals surface area contributed by atoms with E-state index >= 15 is 0 Å². The maximum absolute atomic E-state index is 11.0. The zero-order chi connectivity index (χ0) is 17.6. The van der Waals surface area contributed by atoms with Crippen molar-refractivity contribution < 1.29 is 14.4 Å². The molecule has 1 fully saturated rings. The van der Waals surface area contributed by atoms with E-state index in [-0.39, 0.29) is 0 Å². The summed E-state index contributed by atoms with van der Waals surface area (Å²) in [7, 11) is -0.450. The van der Waals surface area contributed by atoms with Crippen LogP contribution < -0.4 is 5.46 Å². The van der Waals surface area contributed by atoms with Crippen molar-refractivity contribution in [3.63, 3.8) is 0 Å². The van der Waals surface area contributed by atoms with E-state index in [0.29, 0.717) is 5.69 Å². The minimum Gasteiger partial charge on any atom is -0.399 e. The topological polar surface area (TPSA) is 51.6 Å². The van der Waals surface area contributed by atoms with Crippen molar-refractivity contribution in [1.82, 2.24) is 4.98 Å². The van der Waals surface area contributed by atoms with Gasteiger partial charge in [0.2, 0.25) is 0 Å². The van der Waals surface area contributed by atoms with Crippen LogP contribution in [0.4, 0.5) is 0 Å². The van der Waals surface area contributed by atoms with Gasteiger partial charge in [-0.3, -0.25) is 4.98 Å². The highest BCUT2D eigenvalue weighted by atomic mass is 16.7. The lowest BCUT2D eigenvalue weighted by Crippen LogP contribution is -2.41. The molecule has 0 amide bonds.